The van der Waals surface area contributed by atoms with Gasteiger partial charge in [0.15, 0.2) is 0 Å². The minimum atomic E-state index is -0.633. The molecule has 116 valence electrons. The second-order valence-electron chi connectivity index (χ2n) is 6.34. The Morgan fingerprint density at radius 1 is 1.17 bits per heavy atom. The summed E-state index contributed by atoms with van der Waals surface area (Å²) < 4.78 is 0. The molecule has 1 aliphatic carbocycles. The predicted octanol–water partition coefficient (Wildman–Crippen LogP) is 1.20. The molecule has 2 fully saturated rings. The van der Waals surface area contributed by atoms with Gasteiger partial charge in [-0.1, -0.05) is 6.07 Å². The molecule has 6 heteroatoms. The highest BCUT2D eigenvalue weighted by molar-refractivity contribution is 6.06. The number of hydrogen-bond acceptors (Lipinski definition) is 4. The lowest BCUT2D eigenvalue weighted by Crippen LogP contribution is -2.52. The van der Waals surface area contributed by atoms with Crippen molar-refractivity contribution >= 4 is 17.7 Å². The number of nitriles is 1. The fraction of sp³-hybridized carbons (Fsp3) is 0.412. The van der Waals surface area contributed by atoms with Gasteiger partial charge in [0.2, 0.25) is 11.8 Å². The van der Waals surface area contributed by atoms with Gasteiger partial charge in [-0.05, 0) is 42.4 Å². The van der Waals surface area contributed by atoms with E-state index in [2.05, 4.69) is 11.4 Å². The minimum absolute atomic E-state index is 0.233. The molecule has 1 saturated heterocycles. The number of fused-ring (bicyclic) bond motifs is 1. The van der Waals surface area contributed by atoms with Crippen LogP contribution < -0.4 is 5.32 Å². The average molecular weight is 309 g/mol. The summed E-state index contributed by atoms with van der Waals surface area (Å²) in [5, 5.41) is 11.6. The first-order valence-electron chi connectivity index (χ1n) is 7.80. The molecule has 2 heterocycles. The molecule has 1 unspecified atom stereocenters. The van der Waals surface area contributed by atoms with Crippen molar-refractivity contribution < 1.29 is 14.4 Å². The summed E-state index contributed by atoms with van der Waals surface area (Å²) in [5.74, 6) is -0.528. The lowest BCUT2D eigenvalue weighted by atomic mass is 9.96. The van der Waals surface area contributed by atoms with Crippen LogP contribution in [-0.4, -0.2) is 28.7 Å². The number of piperidine rings is 1. The van der Waals surface area contributed by atoms with E-state index in [1.165, 1.54) is 4.90 Å². The minimum Gasteiger partial charge on any atom is -0.322 e. The Balaban J connectivity index is 1.73. The van der Waals surface area contributed by atoms with E-state index < -0.39 is 11.9 Å². The highest BCUT2D eigenvalue weighted by Gasteiger charge is 2.42. The number of rotatable bonds is 2. The highest BCUT2D eigenvalue weighted by atomic mass is 16.2. The van der Waals surface area contributed by atoms with Crippen LogP contribution in [-0.2, 0) is 16.1 Å². The van der Waals surface area contributed by atoms with Crippen molar-refractivity contribution in [1.82, 2.24) is 10.2 Å². The van der Waals surface area contributed by atoms with Crippen LogP contribution in [0.5, 0.6) is 0 Å². The molecule has 1 saturated carbocycles. The Hall–Kier alpha value is -2.68. The van der Waals surface area contributed by atoms with Crippen molar-refractivity contribution in [3.05, 3.63) is 34.4 Å². The van der Waals surface area contributed by atoms with Gasteiger partial charge in [0, 0.05) is 13.0 Å². The van der Waals surface area contributed by atoms with Gasteiger partial charge in [-0.3, -0.25) is 19.7 Å². The number of carbonyl (C=O) groups is 3. The largest absolute Gasteiger partial charge is 0.322 e. The van der Waals surface area contributed by atoms with Crippen LogP contribution in [0.3, 0.4) is 0 Å². The Bertz CT molecular complexity index is 789. The van der Waals surface area contributed by atoms with Crippen LogP contribution in [0.15, 0.2) is 12.1 Å². The first kappa shape index (κ1) is 13.9. The van der Waals surface area contributed by atoms with Crippen molar-refractivity contribution in [3.8, 4) is 6.07 Å². The van der Waals surface area contributed by atoms with Crippen molar-refractivity contribution in [3.63, 3.8) is 0 Å². The molecular weight excluding hydrogens is 294 g/mol. The van der Waals surface area contributed by atoms with Crippen molar-refractivity contribution in [2.45, 2.75) is 44.2 Å². The van der Waals surface area contributed by atoms with Crippen LogP contribution in [0, 0.1) is 11.3 Å². The first-order chi connectivity index (χ1) is 11.1. The molecule has 6 nitrogen and oxygen atoms in total. The van der Waals surface area contributed by atoms with Gasteiger partial charge in [0.1, 0.15) is 6.04 Å². The summed E-state index contributed by atoms with van der Waals surface area (Å²) in [7, 11) is 0. The van der Waals surface area contributed by atoms with Gasteiger partial charge in [-0.2, -0.15) is 5.26 Å². The molecule has 2 aliphatic heterocycles. The highest BCUT2D eigenvalue weighted by Crippen LogP contribution is 2.45. The Morgan fingerprint density at radius 2 is 1.96 bits per heavy atom. The molecule has 1 N–H and O–H groups in total. The quantitative estimate of drug-likeness (QED) is 0.831. The zero-order valence-electron chi connectivity index (χ0n) is 12.5. The number of amides is 3. The Morgan fingerprint density at radius 3 is 2.61 bits per heavy atom. The van der Waals surface area contributed by atoms with E-state index in [-0.39, 0.29) is 18.2 Å². The summed E-state index contributed by atoms with van der Waals surface area (Å²) >= 11 is 0. The Kier molecular flexibility index (Phi) is 2.98. The second kappa shape index (κ2) is 4.92. The SMILES string of the molecule is N#Cc1ccc(C2CC2)c2c1C(=O)N(C1CCC(=O)NC1=O)C2. The summed E-state index contributed by atoms with van der Waals surface area (Å²) in [6.07, 6.45) is 2.78. The lowest BCUT2D eigenvalue weighted by Gasteiger charge is -2.29. The summed E-state index contributed by atoms with van der Waals surface area (Å²) in [6, 6.07) is 5.10. The van der Waals surface area contributed by atoms with Crippen LogP contribution in [0.4, 0.5) is 0 Å². The first-order valence-corrected chi connectivity index (χ1v) is 7.80. The number of benzene rings is 1. The Labute approximate surface area is 133 Å². The zero-order valence-corrected chi connectivity index (χ0v) is 12.5. The molecule has 0 bridgehead atoms. The third-order valence-corrected chi connectivity index (χ3v) is 4.88. The van der Waals surface area contributed by atoms with E-state index in [0.717, 1.165) is 24.0 Å². The molecule has 4 rings (SSSR count). The molecule has 3 aliphatic rings. The van der Waals surface area contributed by atoms with E-state index >= 15 is 0 Å². The van der Waals surface area contributed by atoms with Crippen LogP contribution in [0.25, 0.3) is 0 Å². The maximum atomic E-state index is 12.8. The normalized spacial score (nSPS) is 23.5. The monoisotopic (exact) mass is 309 g/mol. The summed E-state index contributed by atoms with van der Waals surface area (Å²) in [5.41, 5.74) is 2.83. The lowest BCUT2D eigenvalue weighted by molar-refractivity contribution is -0.136. The molecule has 1 atom stereocenters. The predicted molar refractivity (Wildman–Crippen MR) is 79.2 cm³/mol. The van der Waals surface area contributed by atoms with Gasteiger partial charge in [-0.15, -0.1) is 0 Å². The maximum absolute atomic E-state index is 12.8. The van der Waals surface area contributed by atoms with E-state index in [1.54, 1.807) is 6.07 Å². The topological polar surface area (TPSA) is 90.3 Å². The maximum Gasteiger partial charge on any atom is 0.256 e. The van der Waals surface area contributed by atoms with Gasteiger partial charge < -0.3 is 4.90 Å². The number of nitrogens with zero attached hydrogens (tertiary/aromatic N) is 2. The third kappa shape index (κ3) is 2.12. The fourth-order valence-electron chi connectivity index (χ4n) is 3.57. The van der Waals surface area contributed by atoms with Gasteiger partial charge >= 0.3 is 0 Å². The zero-order chi connectivity index (χ0) is 16.1. The molecule has 23 heavy (non-hydrogen) atoms. The molecular formula is C17H15N3O3. The summed E-state index contributed by atoms with van der Waals surface area (Å²) in [6.45, 7) is 0.349. The van der Waals surface area contributed by atoms with Gasteiger partial charge in [0.25, 0.3) is 5.91 Å². The summed E-state index contributed by atoms with van der Waals surface area (Å²) in [4.78, 5) is 37.7. The van der Waals surface area contributed by atoms with Gasteiger partial charge in [-0.25, -0.2) is 0 Å². The van der Waals surface area contributed by atoms with E-state index in [0.29, 0.717) is 30.0 Å². The van der Waals surface area contributed by atoms with Crippen LogP contribution in [0.2, 0.25) is 0 Å². The fourth-order valence-corrected chi connectivity index (χ4v) is 3.57. The number of nitrogens with one attached hydrogen (secondary N) is 1. The molecule has 3 amide bonds. The smallest absolute Gasteiger partial charge is 0.256 e. The van der Waals surface area contributed by atoms with Crippen molar-refractivity contribution in [2.75, 3.05) is 0 Å². The second-order valence-corrected chi connectivity index (χ2v) is 6.34. The third-order valence-electron chi connectivity index (χ3n) is 4.88. The standard InChI is InChI=1S/C17H15N3O3/c18-7-10-3-4-11(9-1-2-9)12-8-20(17(23)15(10)12)13-5-6-14(21)19-16(13)22/h3-4,9,13H,1-2,5-6,8H2,(H,19,21,22). The number of imide groups is 1. The molecule has 0 spiro atoms. The molecule has 1 aromatic carbocycles. The van der Waals surface area contributed by atoms with Crippen molar-refractivity contribution in [2.24, 2.45) is 0 Å². The van der Waals surface area contributed by atoms with Crippen LogP contribution in [0.1, 0.15) is 58.6 Å². The number of carbonyl (C=O) groups excluding carboxylic acids is 3. The average Bonchev–Trinajstić information content (AvgIpc) is 3.31. The molecule has 0 radical (unpaired) electrons. The number of hydrogen-bond donors (Lipinski definition) is 1. The van der Waals surface area contributed by atoms with Gasteiger partial charge in [0.05, 0.1) is 17.2 Å². The van der Waals surface area contributed by atoms with E-state index in [9.17, 15) is 19.6 Å². The van der Waals surface area contributed by atoms with E-state index in [1.807, 2.05) is 6.07 Å². The van der Waals surface area contributed by atoms with E-state index in [4.69, 9.17) is 0 Å². The van der Waals surface area contributed by atoms with Crippen molar-refractivity contribution in [1.29, 1.82) is 5.26 Å². The molecule has 1 aromatic rings. The molecule has 0 aromatic heterocycles. The van der Waals surface area contributed by atoms with Crippen LogP contribution >= 0.6 is 0 Å².